The molecule has 0 heterocycles. The lowest BCUT2D eigenvalue weighted by atomic mass is 10.1. The number of benzene rings is 1. The van der Waals surface area contributed by atoms with Crippen LogP contribution in [0.15, 0.2) is 36.4 Å². The SMILES string of the molecule is C=C(C)CNC(=O)[C@H](N)Cc1ccc(O)cc1. The van der Waals surface area contributed by atoms with Gasteiger partial charge in [0, 0.05) is 6.54 Å². The summed E-state index contributed by atoms with van der Waals surface area (Å²) in [5, 5.41) is 11.8. The molecule has 0 aromatic heterocycles. The third-order valence-electron chi connectivity index (χ3n) is 2.29. The van der Waals surface area contributed by atoms with Crippen molar-refractivity contribution < 1.29 is 9.90 Å². The number of hydrogen-bond donors (Lipinski definition) is 3. The predicted molar refractivity (Wildman–Crippen MR) is 67.6 cm³/mol. The number of rotatable bonds is 5. The summed E-state index contributed by atoms with van der Waals surface area (Å²) in [6.07, 6.45) is 0.447. The molecule has 0 aliphatic rings. The highest BCUT2D eigenvalue weighted by Gasteiger charge is 2.13. The Morgan fingerprint density at radius 1 is 1.47 bits per heavy atom. The molecule has 0 aliphatic heterocycles. The Morgan fingerprint density at radius 2 is 2.06 bits per heavy atom. The zero-order valence-electron chi connectivity index (χ0n) is 9.94. The second kappa shape index (κ2) is 6.06. The second-order valence-corrected chi connectivity index (χ2v) is 4.15. The van der Waals surface area contributed by atoms with Gasteiger partial charge in [0.15, 0.2) is 0 Å². The number of amides is 1. The van der Waals surface area contributed by atoms with E-state index >= 15 is 0 Å². The van der Waals surface area contributed by atoms with Gasteiger partial charge in [-0.1, -0.05) is 24.3 Å². The summed E-state index contributed by atoms with van der Waals surface area (Å²) in [4.78, 5) is 11.6. The number of hydrogen-bond acceptors (Lipinski definition) is 3. The quantitative estimate of drug-likeness (QED) is 0.664. The summed E-state index contributed by atoms with van der Waals surface area (Å²) in [7, 11) is 0. The average molecular weight is 234 g/mol. The smallest absolute Gasteiger partial charge is 0.237 e. The van der Waals surface area contributed by atoms with Crippen molar-refractivity contribution in [3.63, 3.8) is 0 Å². The minimum Gasteiger partial charge on any atom is -0.508 e. The molecule has 1 rings (SSSR count). The van der Waals surface area contributed by atoms with Crippen molar-refractivity contribution in [2.24, 2.45) is 5.73 Å². The summed E-state index contributed by atoms with van der Waals surface area (Å²) in [5.74, 6) is 0.00938. The average Bonchev–Trinajstić information content (AvgIpc) is 2.28. The molecule has 0 saturated heterocycles. The van der Waals surface area contributed by atoms with Crippen molar-refractivity contribution in [1.29, 1.82) is 0 Å². The number of phenolic OH excluding ortho intramolecular Hbond substituents is 1. The fraction of sp³-hybridized carbons (Fsp3) is 0.308. The monoisotopic (exact) mass is 234 g/mol. The van der Waals surface area contributed by atoms with Crippen molar-refractivity contribution in [3.05, 3.63) is 42.0 Å². The molecule has 4 N–H and O–H groups in total. The van der Waals surface area contributed by atoms with E-state index in [2.05, 4.69) is 11.9 Å². The summed E-state index contributed by atoms with van der Waals surface area (Å²) in [6.45, 7) is 5.98. The third-order valence-corrected chi connectivity index (χ3v) is 2.29. The van der Waals surface area contributed by atoms with Crippen LogP contribution in [0.5, 0.6) is 5.75 Å². The van der Waals surface area contributed by atoms with E-state index in [-0.39, 0.29) is 11.7 Å². The molecular weight excluding hydrogens is 216 g/mol. The van der Waals surface area contributed by atoms with Crippen molar-refractivity contribution in [2.75, 3.05) is 6.54 Å². The fourth-order valence-corrected chi connectivity index (χ4v) is 1.35. The summed E-state index contributed by atoms with van der Waals surface area (Å²) < 4.78 is 0. The van der Waals surface area contributed by atoms with Crippen molar-refractivity contribution in [3.8, 4) is 5.75 Å². The van der Waals surface area contributed by atoms with Gasteiger partial charge in [0.05, 0.1) is 6.04 Å². The maximum absolute atomic E-state index is 11.6. The lowest BCUT2D eigenvalue weighted by Gasteiger charge is -2.12. The van der Waals surface area contributed by atoms with E-state index < -0.39 is 6.04 Å². The normalized spacial score (nSPS) is 11.9. The zero-order valence-corrected chi connectivity index (χ0v) is 9.94. The van der Waals surface area contributed by atoms with Gasteiger partial charge in [-0.15, -0.1) is 0 Å². The topological polar surface area (TPSA) is 75.4 Å². The van der Waals surface area contributed by atoms with Crippen molar-refractivity contribution >= 4 is 5.91 Å². The Hall–Kier alpha value is -1.81. The summed E-state index contributed by atoms with van der Waals surface area (Å²) >= 11 is 0. The number of phenols is 1. The van der Waals surface area contributed by atoms with Crippen LogP contribution in [0.4, 0.5) is 0 Å². The fourth-order valence-electron chi connectivity index (χ4n) is 1.35. The molecular formula is C13H18N2O2. The highest BCUT2D eigenvalue weighted by molar-refractivity contribution is 5.82. The van der Waals surface area contributed by atoms with Gasteiger partial charge in [0.1, 0.15) is 5.75 Å². The van der Waals surface area contributed by atoms with E-state index in [1.54, 1.807) is 24.3 Å². The van der Waals surface area contributed by atoms with E-state index in [1.807, 2.05) is 6.92 Å². The van der Waals surface area contributed by atoms with E-state index in [4.69, 9.17) is 10.8 Å². The summed E-state index contributed by atoms with van der Waals surface area (Å²) in [5.41, 5.74) is 7.57. The molecule has 1 atom stereocenters. The Labute approximate surface area is 101 Å². The molecule has 1 aromatic rings. The first kappa shape index (κ1) is 13.3. The maximum atomic E-state index is 11.6. The van der Waals surface area contributed by atoms with Gasteiger partial charge in [0.25, 0.3) is 0 Å². The van der Waals surface area contributed by atoms with Gasteiger partial charge in [-0.2, -0.15) is 0 Å². The first-order valence-corrected chi connectivity index (χ1v) is 5.44. The molecule has 4 nitrogen and oxygen atoms in total. The number of aromatic hydroxyl groups is 1. The zero-order chi connectivity index (χ0) is 12.8. The molecule has 1 amide bonds. The van der Waals surface area contributed by atoms with E-state index in [0.29, 0.717) is 13.0 Å². The molecule has 17 heavy (non-hydrogen) atoms. The van der Waals surface area contributed by atoms with E-state index in [9.17, 15) is 4.79 Å². The summed E-state index contributed by atoms with van der Waals surface area (Å²) in [6, 6.07) is 6.07. The standard InChI is InChI=1S/C13H18N2O2/c1-9(2)8-15-13(17)12(14)7-10-3-5-11(16)6-4-10/h3-6,12,16H,1,7-8,14H2,2H3,(H,15,17)/t12-/m1/s1. The van der Waals surface area contributed by atoms with Gasteiger partial charge in [0.2, 0.25) is 5.91 Å². The van der Waals surface area contributed by atoms with Crippen LogP contribution in [0.25, 0.3) is 0 Å². The molecule has 0 radical (unpaired) electrons. The lowest BCUT2D eigenvalue weighted by Crippen LogP contribution is -2.42. The van der Waals surface area contributed by atoms with Crippen LogP contribution in [-0.2, 0) is 11.2 Å². The van der Waals surface area contributed by atoms with E-state index in [1.165, 1.54) is 0 Å². The number of nitrogens with two attached hydrogens (primary N) is 1. The van der Waals surface area contributed by atoms with Gasteiger partial charge in [-0.25, -0.2) is 0 Å². The highest BCUT2D eigenvalue weighted by Crippen LogP contribution is 2.10. The molecule has 0 unspecified atom stereocenters. The van der Waals surface area contributed by atoms with Crippen LogP contribution in [-0.4, -0.2) is 23.6 Å². The van der Waals surface area contributed by atoms with E-state index in [0.717, 1.165) is 11.1 Å². The van der Waals surface area contributed by atoms with Crippen LogP contribution in [0.2, 0.25) is 0 Å². The highest BCUT2D eigenvalue weighted by atomic mass is 16.3. The largest absolute Gasteiger partial charge is 0.508 e. The van der Waals surface area contributed by atoms with Gasteiger partial charge >= 0.3 is 0 Å². The third kappa shape index (κ3) is 4.70. The Morgan fingerprint density at radius 3 is 2.59 bits per heavy atom. The number of nitrogens with one attached hydrogen (secondary N) is 1. The Kier molecular flexibility index (Phi) is 4.72. The van der Waals surface area contributed by atoms with Crippen LogP contribution in [0.3, 0.4) is 0 Å². The van der Waals surface area contributed by atoms with Gasteiger partial charge in [-0.05, 0) is 31.0 Å². The number of carbonyl (C=O) groups is 1. The Bertz CT molecular complexity index is 398. The predicted octanol–water partition coefficient (Wildman–Crippen LogP) is 0.954. The molecule has 0 bridgehead atoms. The molecule has 1 aromatic carbocycles. The van der Waals surface area contributed by atoms with Gasteiger partial charge in [-0.3, -0.25) is 4.79 Å². The Balaban J connectivity index is 2.48. The first-order valence-electron chi connectivity index (χ1n) is 5.44. The molecule has 4 heteroatoms. The number of carbonyl (C=O) groups excluding carboxylic acids is 1. The van der Waals surface area contributed by atoms with Crippen LogP contribution in [0.1, 0.15) is 12.5 Å². The van der Waals surface area contributed by atoms with Crippen LogP contribution in [0, 0.1) is 0 Å². The van der Waals surface area contributed by atoms with Crippen molar-refractivity contribution in [2.45, 2.75) is 19.4 Å². The van der Waals surface area contributed by atoms with Crippen LogP contribution < -0.4 is 11.1 Å². The van der Waals surface area contributed by atoms with Gasteiger partial charge < -0.3 is 16.2 Å². The maximum Gasteiger partial charge on any atom is 0.237 e. The minimum atomic E-state index is -0.584. The molecule has 0 saturated carbocycles. The first-order chi connectivity index (χ1) is 7.99. The molecule has 0 spiro atoms. The lowest BCUT2D eigenvalue weighted by molar-refractivity contribution is -0.122. The molecule has 0 fully saturated rings. The minimum absolute atomic E-state index is 0.193. The second-order valence-electron chi connectivity index (χ2n) is 4.15. The van der Waals surface area contributed by atoms with Crippen LogP contribution >= 0.6 is 0 Å². The van der Waals surface area contributed by atoms with Crippen molar-refractivity contribution in [1.82, 2.24) is 5.32 Å². The molecule has 92 valence electrons. The molecule has 0 aliphatic carbocycles.